The predicted molar refractivity (Wildman–Crippen MR) is 105 cm³/mol. The summed E-state index contributed by atoms with van der Waals surface area (Å²) >= 11 is 1.29. The normalized spacial score (nSPS) is 19.5. The van der Waals surface area contributed by atoms with Gasteiger partial charge in [-0.1, -0.05) is 48.2 Å². The molecule has 1 fully saturated rings. The van der Waals surface area contributed by atoms with Crippen LogP contribution in [-0.2, 0) is 14.3 Å². The SMILES string of the molecule is COC[C@H](C)N=C1NC(=O)[C@H](CC(=O)Nc2cccc3ccccc23)S1. The quantitative estimate of drug-likeness (QED) is 0.818. The van der Waals surface area contributed by atoms with Crippen LogP contribution >= 0.6 is 11.8 Å². The Hall–Kier alpha value is -2.38. The number of methoxy groups -OCH3 is 1. The molecule has 2 aromatic rings. The van der Waals surface area contributed by atoms with Crippen molar-refractivity contribution in [2.75, 3.05) is 19.0 Å². The number of hydrogen-bond donors (Lipinski definition) is 2. The molecule has 0 aromatic heterocycles. The number of carbonyl (C=O) groups is 2. The van der Waals surface area contributed by atoms with Gasteiger partial charge in [-0.05, 0) is 18.4 Å². The number of carbonyl (C=O) groups excluding carboxylic acids is 2. The van der Waals surface area contributed by atoms with Gasteiger partial charge in [-0.15, -0.1) is 0 Å². The smallest absolute Gasteiger partial charge is 0.240 e. The summed E-state index contributed by atoms with van der Waals surface area (Å²) in [6.07, 6.45) is 0.0946. The van der Waals surface area contributed by atoms with E-state index in [0.29, 0.717) is 11.8 Å². The molecule has 0 spiro atoms. The third-order valence-corrected chi connectivity index (χ3v) is 5.05. The highest BCUT2D eigenvalue weighted by Crippen LogP contribution is 2.26. The summed E-state index contributed by atoms with van der Waals surface area (Å²) in [4.78, 5) is 28.9. The highest BCUT2D eigenvalue weighted by Gasteiger charge is 2.32. The summed E-state index contributed by atoms with van der Waals surface area (Å²) < 4.78 is 5.04. The van der Waals surface area contributed by atoms with E-state index in [1.165, 1.54) is 11.8 Å². The number of aliphatic imine (C=N–C) groups is 1. The minimum atomic E-state index is -0.474. The van der Waals surface area contributed by atoms with Crippen molar-refractivity contribution in [3.63, 3.8) is 0 Å². The standard InChI is InChI=1S/C19H21N3O3S/c1-12(11-25-2)20-19-22-18(24)16(26-19)10-17(23)21-15-9-5-7-13-6-3-4-8-14(13)15/h3-9,12,16H,10-11H2,1-2H3,(H,21,23)(H,20,22,24)/t12-,16-/m0/s1. The molecule has 6 nitrogen and oxygen atoms in total. The first-order valence-corrected chi connectivity index (χ1v) is 9.26. The molecule has 26 heavy (non-hydrogen) atoms. The average Bonchev–Trinajstić information content (AvgIpc) is 2.94. The van der Waals surface area contributed by atoms with Crippen molar-refractivity contribution in [3.05, 3.63) is 42.5 Å². The van der Waals surface area contributed by atoms with Crippen LogP contribution < -0.4 is 10.6 Å². The molecule has 1 heterocycles. The van der Waals surface area contributed by atoms with E-state index in [0.717, 1.165) is 16.5 Å². The summed E-state index contributed by atoms with van der Waals surface area (Å²) in [6.45, 7) is 2.38. The van der Waals surface area contributed by atoms with Gasteiger partial charge in [0.2, 0.25) is 11.8 Å². The van der Waals surface area contributed by atoms with E-state index in [2.05, 4.69) is 15.6 Å². The van der Waals surface area contributed by atoms with Gasteiger partial charge in [0.1, 0.15) is 5.25 Å². The fourth-order valence-corrected chi connectivity index (χ4v) is 3.85. The maximum atomic E-state index is 12.4. The predicted octanol–water partition coefficient (Wildman–Crippen LogP) is 2.79. The van der Waals surface area contributed by atoms with E-state index in [9.17, 15) is 9.59 Å². The zero-order valence-corrected chi connectivity index (χ0v) is 15.5. The number of fused-ring (bicyclic) bond motifs is 1. The molecule has 3 rings (SSSR count). The Morgan fingerprint density at radius 2 is 2.08 bits per heavy atom. The Bertz CT molecular complexity index is 848. The molecule has 2 atom stereocenters. The minimum absolute atomic E-state index is 0.0499. The number of benzene rings is 2. The highest BCUT2D eigenvalue weighted by atomic mass is 32.2. The third-order valence-electron chi connectivity index (χ3n) is 3.96. The number of amides is 2. The topological polar surface area (TPSA) is 79.8 Å². The summed E-state index contributed by atoms with van der Waals surface area (Å²) in [5, 5.41) is 7.75. The maximum Gasteiger partial charge on any atom is 0.240 e. The Balaban J connectivity index is 1.64. The van der Waals surface area contributed by atoms with Crippen LogP contribution in [0.2, 0.25) is 0 Å². The molecule has 136 valence electrons. The molecular weight excluding hydrogens is 350 g/mol. The van der Waals surface area contributed by atoms with Gasteiger partial charge in [-0.3, -0.25) is 14.6 Å². The number of amidine groups is 1. The second-order valence-corrected chi connectivity index (χ2v) is 7.30. The van der Waals surface area contributed by atoms with E-state index in [1.807, 2.05) is 49.4 Å². The molecule has 2 N–H and O–H groups in total. The van der Waals surface area contributed by atoms with Crippen molar-refractivity contribution in [3.8, 4) is 0 Å². The summed E-state index contributed by atoms with van der Waals surface area (Å²) in [7, 11) is 1.61. The lowest BCUT2D eigenvalue weighted by Crippen LogP contribution is -2.28. The van der Waals surface area contributed by atoms with Crippen LogP contribution in [0.25, 0.3) is 10.8 Å². The van der Waals surface area contributed by atoms with Gasteiger partial charge in [0.05, 0.1) is 12.6 Å². The fraction of sp³-hybridized carbons (Fsp3) is 0.316. The van der Waals surface area contributed by atoms with Crippen LogP contribution in [-0.4, -0.2) is 42.0 Å². The molecule has 0 radical (unpaired) electrons. The molecule has 2 amide bonds. The summed E-state index contributed by atoms with van der Waals surface area (Å²) in [5.41, 5.74) is 0.749. The molecule has 2 aromatic carbocycles. The number of nitrogens with zero attached hydrogens (tertiary/aromatic N) is 1. The van der Waals surface area contributed by atoms with E-state index in [1.54, 1.807) is 7.11 Å². The lowest BCUT2D eigenvalue weighted by Gasteiger charge is -2.10. The van der Waals surface area contributed by atoms with Crippen molar-refractivity contribution in [2.45, 2.75) is 24.6 Å². The van der Waals surface area contributed by atoms with Crippen molar-refractivity contribution in [2.24, 2.45) is 4.99 Å². The number of ether oxygens (including phenoxy) is 1. The van der Waals surface area contributed by atoms with Crippen LogP contribution in [0.1, 0.15) is 13.3 Å². The Morgan fingerprint density at radius 1 is 1.31 bits per heavy atom. The van der Waals surface area contributed by atoms with Gasteiger partial charge < -0.3 is 15.4 Å². The van der Waals surface area contributed by atoms with Crippen molar-refractivity contribution < 1.29 is 14.3 Å². The van der Waals surface area contributed by atoms with E-state index in [-0.39, 0.29) is 24.3 Å². The third kappa shape index (κ3) is 4.42. The summed E-state index contributed by atoms with van der Waals surface area (Å²) in [5.74, 6) is -0.383. The number of rotatable bonds is 6. The van der Waals surface area contributed by atoms with Gasteiger partial charge in [0.15, 0.2) is 5.17 Å². The number of nitrogens with one attached hydrogen (secondary N) is 2. The summed E-state index contributed by atoms with van der Waals surface area (Å²) in [6, 6.07) is 13.6. The number of anilines is 1. The largest absolute Gasteiger partial charge is 0.382 e. The second-order valence-electron chi connectivity index (χ2n) is 6.11. The molecule has 1 aliphatic rings. The molecule has 0 saturated carbocycles. The molecule has 7 heteroatoms. The molecule has 1 aliphatic heterocycles. The van der Waals surface area contributed by atoms with Crippen molar-refractivity contribution in [1.29, 1.82) is 0 Å². The van der Waals surface area contributed by atoms with Crippen molar-refractivity contribution in [1.82, 2.24) is 5.32 Å². The van der Waals surface area contributed by atoms with E-state index >= 15 is 0 Å². The number of thioether (sulfide) groups is 1. The van der Waals surface area contributed by atoms with Gasteiger partial charge in [-0.25, -0.2) is 0 Å². The van der Waals surface area contributed by atoms with Crippen LogP contribution in [0.5, 0.6) is 0 Å². The zero-order valence-electron chi connectivity index (χ0n) is 14.7. The van der Waals surface area contributed by atoms with Crippen LogP contribution in [0.3, 0.4) is 0 Å². The Morgan fingerprint density at radius 3 is 2.88 bits per heavy atom. The second kappa shape index (κ2) is 8.33. The maximum absolute atomic E-state index is 12.4. The highest BCUT2D eigenvalue weighted by molar-refractivity contribution is 8.15. The first-order valence-electron chi connectivity index (χ1n) is 8.38. The van der Waals surface area contributed by atoms with Crippen molar-refractivity contribution >= 4 is 45.2 Å². The van der Waals surface area contributed by atoms with E-state index in [4.69, 9.17) is 4.74 Å². The Labute approximate surface area is 156 Å². The van der Waals surface area contributed by atoms with Gasteiger partial charge >= 0.3 is 0 Å². The van der Waals surface area contributed by atoms with Crippen LogP contribution in [0.15, 0.2) is 47.5 Å². The van der Waals surface area contributed by atoms with Crippen LogP contribution in [0, 0.1) is 0 Å². The molecular formula is C19H21N3O3S. The lowest BCUT2D eigenvalue weighted by atomic mass is 10.1. The lowest BCUT2D eigenvalue weighted by molar-refractivity contribution is -0.122. The van der Waals surface area contributed by atoms with Gasteiger partial charge in [0.25, 0.3) is 0 Å². The molecule has 0 aliphatic carbocycles. The first-order chi connectivity index (χ1) is 12.6. The molecule has 0 unspecified atom stereocenters. The average molecular weight is 371 g/mol. The molecule has 0 bridgehead atoms. The Kier molecular flexibility index (Phi) is 5.90. The van der Waals surface area contributed by atoms with Gasteiger partial charge in [0, 0.05) is 24.6 Å². The van der Waals surface area contributed by atoms with Gasteiger partial charge in [-0.2, -0.15) is 0 Å². The number of hydrogen-bond acceptors (Lipinski definition) is 5. The van der Waals surface area contributed by atoms with Crippen LogP contribution in [0.4, 0.5) is 5.69 Å². The fourth-order valence-electron chi connectivity index (χ4n) is 2.78. The monoisotopic (exact) mass is 371 g/mol. The van der Waals surface area contributed by atoms with E-state index < -0.39 is 5.25 Å². The first kappa shape index (κ1) is 18.4. The zero-order chi connectivity index (χ0) is 18.5. The minimum Gasteiger partial charge on any atom is -0.382 e. The molecule has 1 saturated heterocycles.